The molecule has 396 valence electrons. The quantitative estimate of drug-likeness (QED) is 0.0264. The summed E-state index contributed by atoms with van der Waals surface area (Å²) in [5.41, 5.74) is 5.37. The van der Waals surface area contributed by atoms with Crippen LogP contribution in [0.4, 0.5) is 0 Å². The Bertz CT molecular complexity index is 1450. The van der Waals surface area contributed by atoms with Gasteiger partial charge >= 0.3 is 19.8 Å². The van der Waals surface area contributed by atoms with E-state index in [-0.39, 0.29) is 32.6 Å². The van der Waals surface area contributed by atoms with Gasteiger partial charge in [-0.1, -0.05) is 227 Å². The maximum absolute atomic E-state index is 12.7. The van der Waals surface area contributed by atoms with Gasteiger partial charge in [0.2, 0.25) is 0 Å². The van der Waals surface area contributed by atoms with Gasteiger partial charge in [0.15, 0.2) is 6.10 Å². The minimum Gasteiger partial charge on any atom is -0.462 e. The molecule has 0 rings (SSSR count). The molecule has 10 heteroatoms. The van der Waals surface area contributed by atoms with Crippen molar-refractivity contribution >= 4 is 19.8 Å². The molecule has 0 aromatic heterocycles. The van der Waals surface area contributed by atoms with Crippen molar-refractivity contribution < 1.29 is 37.6 Å². The minimum atomic E-state index is -4.39. The van der Waals surface area contributed by atoms with Crippen LogP contribution < -0.4 is 5.73 Å². The molecule has 0 heterocycles. The normalized spacial score (nSPS) is 13.9. The number of hydrogen-bond acceptors (Lipinski definition) is 8. The number of rotatable bonds is 51. The molecule has 0 aliphatic heterocycles. The second kappa shape index (κ2) is 54.3. The van der Waals surface area contributed by atoms with E-state index in [0.29, 0.717) is 12.8 Å². The third-order valence-corrected chi connectivity index (χ3v) is 12.4. The Labute approximate surface area is 423 Å². The molecular formula is C59H102NO8P. The van der Waals surface area contributed by atoms with E-state index in [4.69, 9.17) is 24.3 Å². The number of carbonyl (C=O) groups excluding carboxylic acids is 2. The van der Waals surface area contributed by atoms with Gasteiger partial charge < -0.3 is 20.1 Å². The fraction of sp³-hybridized carbons (Fsp3) is 0.695. The van der Waals surface area contributed by atoms with Gasteiger partial charge in [0.1, 0.15) is 6.61 Å². The lowest BCUT2D eigenvalue weighted by atomic mass is 10.0. The Morgan fingerprint density at radius 3 is 1.19 bits per heavy atom. The highest BCUT2D eigenvalue weighted by Crippen LogP contribution is 2.43. The summed E-state index contributed by atoms with van der Waals surface area (Å²) >= 11 is 0. The summed E-state index contributed by atoms with van der Waals surface area (Å²) in [5, 5.41) is 0. The number of esters is 2. The summed E-state index contributed by atoms with van der Waals surface area (Å²) in [6.45, 7) is 3.54. The summed E-state index contributed by atoms with van der Waals surface area (Å²) in [6.07, 6.45) is 71.9. The van der Waals surface area contributed by atoms with Crippen LogP contribution in [-0.4, -0.2) is 49.3 Å². The summed E-state index contributed by atoms with van der Waals surface area (Å²) in [7, 11) is -4.39. The summed E-state index contributed by atoms with van der Waals surface area (Å²) in [4.78, 5) is 35.0. The van der Waals surface area contributed by atoms with Crippen LogP contribution in [0.3, 0.4) is 0 Å². The van der Waals surface area contributed by atoms with Crippen LogP contribution in [0.2, 0.25) is 0 Å². The number of nitrogens with two attached hydrogens (primary N) is 1. The zero-order valence-corrected chi connectivity index (χ0v) is 44.9. The van der Waals surface area contributed by atoms with Crippen LogP contribution in [0.1, 0.15) is 232 Å². The fourth-order valence-corrected chi connectivity index (χ4v) is 8.15. The van der Waals surface area contributed by atoms with Gasteiger partial charge in [0.25, 0.3) is 0 Å². The first-order valence-electron chi connectivity index (χ1n) is 27.7. The first-order chi connectivity index (χ1) is 33.8. The molecule has 0 fully saturated rings. The van der Waals surface area contributed by atoms with E-state index < -0.39 is 32.5 Å². The largest absolute Gasteiger partial charge is 0.472 e. The minimum absolute atomic E-state index is 0.0484. The van der Waals surface area contributed by atoms with Crippen molar-refractivity contribution in [2.45, 2.75) is 238 Å². The van der Waals surface area contributed by atoms with Crippen molar-refractivity contribution in [2.75, 3.05) is 26.4 Å². The highest BCUT2D eigenvalue weighted by Gasteiger charge is 2.26. The van der Waals surface area contributed by atoms with Crippen molar-refractivity contribution in [1.29, 1.82) is 0 Å². The highest BCUT2D eigenvalue weighted by atomic mass is 31.2. The van der Waals surface area contributed by atoms with Crippen molar-refractivity contribution in [3.63, 3.8) is 0 Å². The topological polar surface area (TPSA) is 134 Å². The fourth-order valence-electron chi connectivity index (χ4n) is 7.38. The highest BCUT2D eigenvalue weighted by molar-refractivity contribution is 7.47. The van der Waals surface area contributed by atoms with Crippen LogP contribution in [0.25, 0.3) is 0 Å². The van der Waals surface area contributed by atoms with Gasteiger partial charge in [-0.2, -0.15) is 0 Å². The number of phosphoric acid groups is 1. The average Bonchev–Trinajstić information content (AvgIpc) is 3.34. The number of allylic oxidation sites excluding steroid dienone is 16. The molecule has 0 aromatic rings. The summed E-state index contributed by atoms with van der Waals surface area (Å²) in [5.74, 6) is -0.846. The van der Waals surface area contributed by atoms with E-state index in [1.165, 1.54) is 89.9 Å². The molecule has 69 heavy (non-hydrogen) atoms. The van der Waals surface area contributed by atoms with Gasteiger partial charge in [-0.3, -0.25) is 18.6 Å². The lowest BCUT2D eigenvalue weighted by Gasteiger charge is -2.19. The number of phosphoric ester groups is 1. The van der Waals surface area contributed by atoms with E-state index in [2.05, 4.69) is 111 Å². The Balaban J connectivity index is 3.90. The molecule has 0 spiro atoms. The van der Waals surface area contributed by atoms with Gasteiger partial charge in [0.05, 0.1) is 13.2 Å². The standard InChI is InChI=1S/C59H102NO8P/c1-3-5-7-9-11-13-15-17-18-19-20-21-22-23-24-25-26-27-28-29-30-31-32-33-34-35-36-37-38-40-42-44-46-48-50-52-59(62)68-57(56-67-69(63,64)66-54-53-60)55-65-58(61)51-49-47-45-43-41-39-16-14-12-10-8-6-4-2/h5,7-8,10-11,13-14,16-18,20-21,23-24,26-27,57H,3-4,6,9,12,15,19,22,25,28-56,60H2,1-2H3,(H,63,64)/b7-5-,10-8-,13-11-,16-14-,18-17-,21-20-,24-23-,27-26-. The van der Waals surface area contributed by atoms with Gasteiger partial charge in [-0.25, -0.2) is 4.57 Å². The second-order valence-electron chi connectivity index (χ2n) is 18.1. The predicted molar refractivity (Wildman–Crippen MR) is 293 cm³/mol. The molecule has 2 atom stereocenters. The molecule has 0 radical (unpaired) electrons. The van der Waals surface area contributed by atoms with Crippen molar-refractivity contribution in [1.82, 2.24) is 0 Å². The molecule has 0 aliphatic carbocycles. The maximum Gasteiger partial charge on any atom is 0.472 e. The summed E-state index contributed by atoms with van der Waals surface area (Å²) in [6, 6.07) is 0. The molecule has 0 bridgehead atoms. The van der Waals surface area contributed by atoms with Crippen LogP contribution in [0.15, 0.2) is 97.2 Å². The van der Waals surface area contributed by atoms with Crippen molar-refractivity contribution in [2.24, 2.45) is 5.73 Å². The van der Waals surface area contributed by atoms with Crippen LogP contribution >= 0.6 is 7.82 Å². The van der Waals surface area contributed by atoms with E-state index in [1.54, 1.807) is 0 Å². The van der Waals surface area contributed by atoms with Crippen LogP contribution in [0.5, 0.6) is 0 Å². The molecule has 2 unspecified atom stereocenters. The monoisotopic (exact) mass is 984 g/mol. The van der Waals surface area contributed by atoms with Crippen LogP contribution in [-0.2, 0) is 32.7 Å². The van der Waals surface area contributed by atoms with E-state index in [1.807, 2.05) is 0 Å². The third-order valence-electron chi connectivity index (χ3n) is 11.4. The Kier molecular flexibility index (Phi) is 51.9. The number of ether oxygens (including phenoxy) is 2. The molecule has 0 aliphatic rings. The molecule has 0 amide bonds. The maximum atomic E-state index is 12.7. The number of carbonyl (C=O) groups is 2. The number of unbranched alkanes of at least 4 members (excludes halogenated alkanes) is 22. The van der Waals surface area contributed by atoms with E-state index in [9.17, 15) is 19.0 Å². The SMILES string of the molecule is CC/C=C\C/C=C\C/C=C\C/C=C\C/C=C\C/C=C\CCCCCCCCCCCCCCCCCCC(=O)OC(COC(=O)CCCCCCC/C=C\C/C=C\CCC)COP(=O)(O)OCCN. The number of hydrogen-bond donors (Lipinski definition) is 2. The van der Waals surface area contributed by atoms with Crippen molar-refractivity contribution in [3.8, 4) is 0 Å². The average molecular weight is 984 g/mol. The lowest BCUT2D eigenvalue weighted by Crippen LogP contribution is -2.29. The predicted octanol–water partition coefficient (Wildman–Crippen LogP) is 17.3. The van der Waals surface area contributed by atoms with E-state index in [0.717, 1.165) is 103 Å². The third kappa shape index (κ3) is 54.1. The lowest BCUT2D eigenvalue weighted by molar-refractivity contribution is -0.161. The first-order valence-corrected chi connectivity index (χ1v) is 29.2. The second-order valence-corrected chi connectivity index (χ2v) is 19.5. The molecule has 9 nitrogen and oxygen atoms in total. The van der Waals surface area contributed by atoms with Gasteiger partial charge in [-0.05, 0) is 89.9 Å². The molecular weight excluding hydrogens is 882 g/mol. The van der Waals surface area contributed by atoms with Crippen molar-refractivity contribution in [3.05, 3.63) is 97.2 Å². The Hall–Kier alpha value is -3.07. The van der Waals surface area contributed by atoms with Crippen LogP contribution in [0, 0.1) is 0 Å². The zero-order chi connectivity index (χ0) is 50.2. The van der Waals surface area contributed by atoms with E-state index >= 15 is 0 Å². The first kappa shape index (κ1) is 65.9. The van der Waals surface area contributed by atoms with Gasteiger partial charge in [-0.15, -0.1) is 0 Å². The van der Waals surface area contributed by atoms with Gasteiger partial charge in [0, 0.05) is 19.4 Å². The summed E-state index contributed by atoms with van der Waals surface area (Å²) < 4.78 is 32.9. The smallest absolute Gasteiger partial charge is 0.462 e. The Morgan fingerprint density at radius 2 is 0.797 bits per heavy atom. The molecule has 0 saturated heterocycles. The molecule has 0 saturated carbocycles. The Morgan fingerprint density at radius 1 is 0.449 bits per heavy atom. The zero-order valence-electron chi connectivity index (χ0n) is 44.0. The molecule has 3 N–H and O–H groups in total. The molecule has 0 aromatic carbocycles.